The van der Waals surface area contributed by atoms with Gasteiger partial charge in [-0.15, -0.1) is 0 Å². The van der Waals surface area contributed by atoms with Crippen molar-refractivity contribution < 1.29 is 5.11 Å². The van der Waals surface area contributed by atoms with Crippen molar-refractivity contribution in [3.63, 3.8) is 0 Å². The lowest BCUT2D eigenvalue weighted by atomic mass is 10.1. The Hall–Kier alpha value is -0.940. The van der Waals surface area contributed by atoms with Gasteiger partial charge in [0.1, 0.15) is 5.01 Å². The molecule has 0 saturated carbocycles. The Bertz CT molecular complexity index is 485. The molecule has 5 heteroatoms. The number of aromatic nitrogens is 3. The molecule has 0 saturated heterocycles. The minimum absolute atomic E-state index is 0.000903. The summed E-state index contributed by atoms with van der Waals surface area (Å²) in [6.07, 6.45) is 2.20. The highest BCUT2D eigenvalue weighted by molar-refractivity contribution is 7.16. The molecule has 16 heavy (non-hydrogen) atoms. The number of aliphatic hydroxyl groups is 1. The fourth-order valence-electron chi connectivity index (χ4n) is 1.89. The van der Waals surface area contributed by atoms with E-state index in [0.717, 1.165) is 34.2 Å². The molecule has 0 radical (unpaired) electrons. The molecule has 0 fully saturated rings. The first-order chi connectivity index (χ1) is 7.71. The van der Waals surface area contributed by atoms with Crippen LogP contribution in [0.25, 0.3) is 4.96 Å². The molecule has 0 aromatic carbocycles. The second-order valence-electron chi connectivity index (χ2n) is 3.95. The maximum absolute atomic E-state index is 9.27. The number of rotatable bonds is 4. The van der Waals surface area contributed by atoms with E-state index < -0.39 is 0 Å². The molecule has 0 bridgehead atoms. The van der Waals surface area contributed by atoms with Crippen molar-refractivity contribution in [2.45, 2.75) is 46.1 Å². The van der Waals surface area contributed by atoms with Crippen molar-refractivity contribution in [2.75, 3.05) is 0 Å². The first-order valence-corrected chi connectivity index (χ1v) is 6.48. The van der Waals surface area contributed by atoms with Crippen LogP contribution in [-0.4, -0.2) is 19.7 Å². The fraction of sp³-hybridized carbons (Fsp3) is 0.636. The van der Waals surface area contributed by atoms with Crippen molar-refractivity contribution in [3.05, 3.63) is 16.4 Å². The van der Waals surface area contributed by atoms with Gasteiger partial charge in [0.05, 0.1) is 18.0 Å². The van der Waals surface area contributed by atoms with Crippen LogP contribution in [0.15, 0.2) is 0 Å². The van der Waals surface area contributed by atoms with E-state index in [-0.39, 0.29) is 6.61 Å². The first-order valence-electron chi connectivity index (χ1n) is 5.67. The van der Waals surface area contributed by atoms with Crippen molar-refractivity contribution in [3.8, 4) is 0 Å². The van der Waals surface area contributed by atoms with Crippen LogP contribution in [-0.2, 0) is 6.61 Å². The van der Waals surface area contributed by atoms with E-state index in [1.165, 1.54) is 0 Å². The second kappa shape index (κ2) is 4.51. The number of hydrogen-bond acceptors (Lipinski definition) is 4. The Kier molecular flexibility index (Phi) is 3.25. The van der Waals surface area contributed by atoms with E-state index in [1.54, 1.807) is 15.9 Å². The first kappa shape index (κ1) is 11.5. The van der Waals surface area contributed by atoms with E-state index in [4.69, 9.17) is 0 Å². The number of fused-ring (bicyclic) bond motifs is 1. The zero-order chi connectivity index (χ0) is 11.7. The fourth-order valence-corrected chi connectivity index (χ4v) is 3.12. The van der Waals surface area contributed by atoms with Crippen LogP contribution in [0.5, 0.6) is 0 Å². The Morgan fingerprint density at radius 1 is 1.38 bits per heavy atom. The highest BCUT2D eigenvalue weighted by Crippen LogP contribution is 2.28. The van der Waals surface area contributed by atoms with Gasteiger partial charge in [-0.25, -0.2) is 9.50 Å². The van der Waals surface area contributed by atoms with Gasteiger partial charge in [0.15, 0.2) is 0 Å². The van der Waals surface area contributed by atoms with Crippen molar-refractivity contribution in [1.29, 1.82) is 0 Å². The van der Waals surface area contributed by atoms with Crippen LogP contribution in [0, 0.1) is 6.92 Å². The maximum atomic E-state index is 9.27. The van der Waals surface area contributed by atoms with Crippen LogP contribution in [0.3, 0.4) is 0 Å². The highest BCUT2D eigenvalue weighted by atomic mass is 32.1. The smallest absolute Gasteiger partial charge is 0.212 e. The topological polar surface area (TPSA) is 50.4 Å². The van der Waals surface area contributed by atoms with Gasteiger partial charge >= 0.3 is 0 Å². The predicted octanol–water partition coefficient (Wildman–Crippen LogP) is 2.50. The summed E-state index contributed by atoms with van der Waals surface area (Å²) in [5, 5.41) is 15.0. The summed E-state index contributed by atoms with van der Waals surface area (Å²) < 4.78 is 1.79. The van der Waals surface area contributed by atoms with Gasteiger partial charge in [-0.1, -0.05) is 25.2 Å². The van der Waals surface area contributed by atoms with Crippen LogP contribution >= 0.6 is 11.3 Å². The molecule has 2 heterocycles. The van der Waals surface area contributed by atoms with Gasteiger partial charge < -0.3 is 5.11 Å². The average Bonchev–Trinajstić information content (AvgIpc) is 2.76. The maximum Gasteiger partial charge on any atom is 0.212 e. The lowest BCUT2D eigenvalue weighted by Gasteiger charge is -2.06. The molecule has 0 aliphatic heterocycles. The molecule has 0 aliphatic carbocycles. The lowest BCUT2D eigenvalue weighted by Crippen LogP contribution is -1.99. The Balaban J connectivity index is 2.48. The average molecular weight is 239 g/mol. The largest absolute Gasteiger partial charge is 0.390 e. The Morgan fingerprint density at radius 3 is 2.62 bits per heavy atom. The van der Waals surface area contributed by atoms with Crippen molar-refractivity contribution >= 4 is 16.3 Å². The third-order valence-corrected chi connectivity index (χ3v) is 4.07. The van der Waals surface area contributed by atoms with Crippen LogP contribution in [0.2, 0.25) is 0 Å². The van der Waals surface area contributed by atoms with Crippen LogP contribution in [0.4, 0.5) is 0 Å². The van der Waals surface area contributed by atoms with Crippen molar-refractivity contribution in [2.24, 2.45) is 0 Å². The van der Waals surface area contributed by atoms with Gasteiger partial charge in [-0.3, -0.25) is 0 Å². The van der Waals surface area contributed by atoms with E-state index in [0.29, 0.717) is 5.92 Å². The van der Waals surface area contributed by atoms with Gasteiger partial charge in [0.2, 0.25) is 4.96 Å². The van der Waals surface area contributed by atoms with Gasteiger partial charge in [0.25, 0.3) is 0 Å². The van der Waals surface area contributed by atoms with E-state index >= 15 is 0 Å². The van der Waals surface area contributed by atoms with Gasteiger partial charge in [-0.05, 0) is 19.8 Å². The molecular weight excluding hydrogens is 222 g/mol. The normalized spacial score (nSPS) is 11.8. The quantitative estimate of drug-likeness (QED) is 0.891. The van der Waals surface area contributed by atoms with Crippen LogP contribution < -0.4 is 0 Å². The lowest BCUT2D eigenvalue weighted by molar-refractivity contribution is 0.273. The zero-order valence-electron chi connectivity index (χ0n) is 9.90. The molecule has 2 aromatic heterocycles. The third-order valence-electron chi connectivity index (χ3n) is 3.00. The SMILES string of the molecule is CCC(CC)c1nn2c(CO)c(C)nc2s1. The molecule has 0 amide bonds. The number of nitrogens with zero attached hydrogens (tertiary/aromatic N) is 3. The molecule has 4 nitrogen and oxygen atoms in total. The molecule has 2 rings (SSSR count). The summed E-state index contributed by atoms with van der Waals surface area (Å²) in [4.78, 5) is 5.31. The summed E-state index contributed by atoms with van der Waals surface area (Å²) in [5.74, 6) is 0.513. The van der Waals surface area contributed by atoms with E-state index in [9.17, 15) is 5.11 Å². The molecular formula is C11H17N3OS. The summed E-state index contributed by atoms with van der Waals surface area (Å²) in [7, 11) is 0. The molecule has 0 unspecified atom stereocenters. The monoisotopic (exact) mass is 239 g/mol. The van der Waals surface area contributed by atoms with Crippen LogP contribution in [0.1, 0.15) is 49.0 Å². The van der Waals surface area contributed by atoms with E-state index in [2.05, 4.69) is 23.9 Å². The van der Waals surface area contributed by atoms with E-state index in [1.807, 2.05) is 6.92 Å². The Morgan fingerprint density at radius 2 is 2.06 bits per heavy atom. The minimum atomic E-state index is -0.000903. The Labute approximate surface area is 98.9 Å². The molecule has 88 valence electrons. The third kappa shape index (κ3) is 1.74. The summed E-state index contributed by atoms with van der Waals surface area (Å²) in [6.45, 7) is 6.26. The number of aryl methyl sites for hydroxylation is 1. The molecule has 0 spiro atoms. The van der Waals surface area contributed by atoms with Gasteiger partial charge in [0, 0.05) is 5.92 Å². The highest BCUT2D eigenvalue weighted by Gasteiger charge is 2.17. The number of imidazole rings is 1. The summed E-state index contributed by atoms with van der Waals surface area (Å²) in [6, 6.07) is 0. The molecule has 1 N–H and O–H groups in total. The molecule has 2 aromatic rings. The van der Waals surface area contributed by atoms with Crippen molar-refractivity contribution in [1.82, 2.24) is 14.6 Å². The summed E-state index contributed by atoms with van der Waals surface area (Å²) in [5.41, 5.74) is 1.68. The molecule has 0 atom stereocenters. The standard InChI is InChI=1S/C11H17N3OS/c1-4-8(5-2)10-13-14-9(6-15)7(3)12-11(14)16-10/h8,15H,4-6H2,1-3H3. The minimum Gasteiger partial charge on any atom is -0.390 e. The zero-order valence-corrected chi connectivity index (χ0v) is 10.7. The van der Waals surface area contributed by atoms with Gasteiger partial charge in [-0.2, -0.15) is 5.10 Å². The number of aliphatic hydroxyl groups excluding tert-OH is 1. The summed E-state index contributed by atoms with van der Waals surface area (Å²) >= 11 is 1.63. The predicted molar refractivity (Wildman–Crippen MR) is 64.8 cm³/mol. The number of hydrogen-bond donors (Lipinski definition) is 1. The molecule has 0 aliphatic rings. The second-order valence-corrected chi connectivity index (χ2v) is 4.94.